The first-order valence-corrected chi connectivity index (χ1v) is 12.3. The van der Waals surface area contributed by atoms with E-state index < -0.39 is 6.04 Å². The van der Waals surface area contributed by atoms with Crippen molar-refractivity contribution in [1.29, 1.82) is 0 Å². The molecule has 2 amide bonds. The van der Waals surface area contributed by atoms with Gasteiger partial charge in [0.25, 0.3) is 5.91 Å². The van der Waals surface area contributed by atoms with Crippen LogP contribution in [0.25, 0.3) is 10.8 Å². The molecule has 0 aromatic heterocycles. The number of nitrogens with zero attached hydrogens (tertiary/aromatic N) is 1. The van der Waals surface area contributed by atoms with E-state index in [1.807, 2.05) is 66.7 Å². The van der Waals surface area contributed by atoms with Crippen LogP contribution in [0.15, 0.2) is 71.2 Å². The van der Waals surface area contributed by atoms with Crippen molar-refractivity contribution < 1.29 is 14.3 Å². The number of hydrogen-bond acceptors (Lipinski definition) is 3. The van der Waals surface area contributed by atoms with Gasteiger partial charge in [-0.25, -0.2) is 0 Å². The van der Waals surface area contributed by atoms with E-state index in [-0.39, 0.29) is 24.5 Å². The Morgan fingerprint density at radius 2 is 1.73 bits per heavy atom. The Hall–Kier alpha value is -2.86. The second kappa shape index (κ2) is 10.8. The Morgan fingerprint density at radius 1 is 1.03 bits per heavy atom. The van der Waals surface area contributed by atoms with Gasteiger partial charge in [-0.2, -0.15) is 0 Å². The normalized spacial score (nSPS) is 14.7. The average Bonchev–Trinajstić information content (AvgIpc) is 3.34. The molecule has 3 aromatic carbocycles. The zero-order valence-corrected chi connectivity index (χ0v) is 20.4. The van der Waals surface area contributed by atoms with E-state index in [9.17, 15) is 9.59 Å². The summed E-state index contributed by atoms with van der Waals surface area (Å²) in [6.45, 7) is 1.99. The minimum atomic E-state index is -0.599. The molecule has 1 aliphatic carbocycles. The molecule has 0 radical (unpaired) electrons. The molecule has 1 atom stereocenters. The second-order valence-corrected chi connectivity index (χ2v) is 9.50. The number of nitrogens with one attached hydrogen (secondary N) is 1. The van der Waals surface area contributed by atoms with E-state index in [2.05, 4.69) is 21.2 Å². The van der Waals surface area contributed by atoms with E-state index in [1.54, 1.807) is 11.8 Å². The van der Waals surface area contributed by atoms with Gasteiger partial charge >= 0.3 is 0 Å². The fraction of sp³-hybridized carbons (Fsp3) is 0.333. The maximum absolute atomic E-state index is 13.3. The van der Waals surface area contributed by atoms with Crippen LogP contribution in [-0.4, -0.2) is 35.4 Å². The van der Waals surface area contributed by atoms with Gasteiger partial charge in [0.05, 0.1) is 0 Å². The van der Waals surface area contributed by atoms with Gasteiger partial charge in [0.1, 0.15) is 11.8 Å². The van der Waals surface area contributed by atoms with Crippen LogP contribution in [0.4, 0.5) is 0 Å². The second-order valence-electron chi connectivity index (χ2n) is 8.58. The number of carbonyl (C=O) groups excluding carboxylic acids is 2. The largest absolute Gasteiger partial charge is 0.483 e. The van der Waals surface area contributed by atoms with Crippen molar-refractivity contribution in [1.82, 2.24) is 10.2 Å². The van der Waals surface area contributed by atoms with Gasteiger partial charge in [-0.05, 0) is 48.9 Å². The molecule has 33 heavy (non-hydrogen) atoms. The summed E-state index contributed by atoms with van der Waals surface area (Å²) in [5.74, 6) is 0.325. The Kier molecular flexibility index (Phi) is 7.65. The molecule has 6 heteroatoms. The van der Waals surface area contributed by atoms with Gasteiger partial charge in [-0.3, -0.25) is 9.59 Å². The predicted octanol–water partition coefficient (Wildman–Crippen LogP) is 5.46. The Labute approximate surface area is 203 Å². The Balaban J connectivity index is 1.50. The lowest BCUT2D eigenvalue weighted by Gasteiger charge is -2.29. The van der Waals surface area contributed by atoms with Crippen molar-refractivity contribution in [3.8, 4) is 5.75 Å². The zero-order valence-electron chi connectivity index (χ0n) is 18.8. The number of carbonyl (C=O) groups is 2. The first-order valence-electron chi connectivity index (χ1n) is 11.5. The van der Waals surface area contributed by atoms with Crippen LogP contribution in [0.3, 0.4) is 0 Å². The molecule has 3 aromatic rings. The monoisotopic (exact) mass is 508 g/mol. The standard InChI is InChI=1S/C27H29BrN2O3/c1-19(27(32)29-23-9-3-4-10-23)30(17-20-13-15-22(28)16-14-20)26(31)18-33-25-12-6-8-21-7-2-5-11-24(21)25/h2,5-8,11-16,19,23H,3-4,9-10,17-18H2,1H3,(H,29,32)/t19-/m0/s1. The van der Waals surface area contributed by atoms with E-state index >= 15 is 0 Å². The predicted molar refractivity (Wildman–Crippen MR) is 134 cm³/mol. The smallest absolute Gasteiger partial charge is 0.261 e. The molecule has 1 saturated carbocycles. The van der Waals surface area contributed by atoms with Crippen LogP contribution >= 0.6 is 15.9 Å². The maximum Gasteiger partial charge on any atom is 0.261 e. The Bertz CT molecular complexity index is 1100. The molecular weight excluding hydrogens is 480 g/mol. The fourth-order valence-corrected chi connectivity index (χ4v) is 4.57. The molecule has 0 unspecified atom stereocenters. The molecule has 5 nitrogen and oxygen atoms in total. The average molecular weight is 509 g/mol. The van der Waals surface area contributed by atoms with Crippen molar-refractivity contribution in [2.75, 3.05) is 6.61 Å². The molecule has 1 aliphatic rings. The topological polar surface area (TPSA) is 58.6 Å². The first-order chi connectivity index (χ1) is 16.0. The summed E-state index contributed by atoms with van der Waals surface area (Å²) in [4.78, 5) is 27.9. The highest BCUT2D eigenvalue weighted by Gasteiger charge is 2.28. The highest BCUT2D eigenvalue weighted by molar-refractivity contribution is 9.10. The van der Waals surface area contributed by atoms with Crippen molar-refractivity contribution in [3.05, 3.63) is 76.8 Å². The fourth-order valence-electron chi connectivity index (χ4n) is 4.31. The third-order valence-electron chi connectivity index (χ3n) is 6.24. The SMILES string of the molecule is C[C@@H](C(=O)NC1CCCC1)N(Cc1ccc(Br)cc1)C(=O)COc1cccc2ccccc12. The number of fused-ring (bicyclic) bond motifs is 1. The summed E-state index contributed by atoms with van der Waals surface area (Å²) in [6.07, 6.45) is 4.28. The summed E-state index contributed by atoms with van der Waals surface area (Å²) < 4.78 is 6.92. The molecule has 0 spiro atoms. The minimum Gasteiger partial charge on any atom is -0.483 e. The van der Waals surface area contributed by atoms with Crippen molar-refractivity contribution in [2.45, 2.75) is 51.2 Å². The number of benzene rings is 3. The quantitative estimate of drug-likeness (QED) is 0.439. The number of rotatable bonds is 8. The van der Waals surface area contributed by atoms with Gasteiger partial charge in [-0.15, -0.1) is 0 Å². The molecular formula is C27H29BrN2O3. The zero-order chi connectivity index (χ0) is 23.2. The molecule has 172 valence electrons. The van der Waals surface area contributed by atoms with Crippen LogP contribution in [0.1, 0.15) is 38.2 Å². The molecule has 0 saturated heterocycles. The van der Waals surface area contributed by atoms with E-state index in [0.29, 0.717) is 12.3 Å². The number of halogens is 1. The number of hydrogen-bond donors (Lipinski definition) is 1. The summed E-state index contributed by atoms with van der Waals surface area (Å²) in [6, 6.07) is 21.1. The number of ether oxygens (including phenoxy) is 1. The van der Waals surface area contributed by atoms with Crippen LogP contribution in [0, 0.1) is 0 Å². The van der Waals surface area contributed by atoms with Crippen molar-refractivity contribution in [2.24, 2.45) is 0 Å². The van der Waals surface area contributed by atoms with Crippen LogP contribution in [0.2, 0.25) is 0 Å². The van der Waals surface area contributed by atoms with Gasteiger partial charge in [0, 0.05) is 22.4 Å². The van der Waals surface area contributed by atoms with Gasteiger partial charge in [-0.1, -0.05) is 77.3 Å². The molecule has 1 N–H and O–H groups in total. The minimum absolute atomic E-state index is 0.113. The van der Waals surface area contributed by atoms with Gasteiger partial charge in [0.15, 0.2) is 6.61 Å². The summed E-state index contributed by atoms with van der Waals surface area (Å²) in [5, 5.41) is 5.14. The van der Waals surface area contributed by atoms with Crippen molar-refractivity contribution in [3.63, 3.8) is 0 Å². The van der Waals surface area contributed by atoms with Crippen molar-refractivity contribution >= 4 is 38.5 Å². The van der Waals surface area contributed by atoms with Crippen LogP contribution in [0.5, 0.6) is 5.75 Å². The highest BCUT2D eigenvalue weighted by atomic mass is 79.9. The lowest BCUT2D eigenvalue weighted by atomic mass is 10.1. The van der Waals surface area contributed by atoms with E-state index in [1.165, 1.54) is 0 Å². The highest BCUT2D eigenvalue weighted by Crippen LogP contribution is 2.25. The maximum atomic E-state index is 13.3. The van der Waals surface area contributed by atoms with E-state index in [0.717, 1.165) is 46.5 Å². The summed E-state index contributed by atoms with van der Waals surface area (Å²) in [5.41, 5.74) is 0.956. The molecule has 0 bridgehead atoms. The third-order valence-corrected chi connectivity index (χ3v) is 6.76. The molecule has 4 rings (SSSR count). The first kappa shape index (κ1) is 23.3. The summed E-state index contributed by atoms with van der Waals surface area (Å²) in [7, 11) is 0. The van der Waals surface area contributed by atoms with Gasteiger partial charge in [0.2, 0.25) is 5.91 Å². The lowest BCUT2D eigenvalue weighted by Crippen LogP contribution is -2.50. The molecule has 0 aliphatic heterocycles. The van der Waals surface area contributed by atoms with Crippen LogP contribution in [-0.2, 0) is 16.1 Å². The third kappa shape index (κ3) is 5.93. The summed E-state index contributed by atoms with van der Waals surface area (Å²) >= 11 is 3.45. The number of amides is 2. The van der Waals surface area contributed by atoms with Crippen LogP contribution < -0.4 is 10.1 Å². The van der Waals surface area contributed by atoms with Gasteiger partial charge < -0.3 is 15.0 Å². The van der Waals surface area contributed by atoms with E-state index in [4.69, 9.17) is 4.74 Å². The lowest BCUT2D eigenvalue weighted by molar-refractivity contribution is -0.142. The molecule has 1 fully saturated rings. The Morgan fingerprint density at radius 3 is 2.48 bits per heavy atom. The molecule has 0 heterocycles.